The monoisotopic (exact) mass is 467 g/mol. The summed E-state index contributed by atoms with van der Waals surface area (Å²) in [6, 6.07) is 15.2. The Morgan fingerprint density at radius 2 is 1.74 bits per heavy atom. The van der Waals surface area contributed by atoms with Gasteiger partial charge in [0.25, 0.3) is 11.5 Å². The number of amides is 1. The maximum atomic E-state index is 13.0. The van der Waals surface area contributed by atoms with Crippen molar-refractivity contribution < 1.29 is 4.79 Å². The van der Waals surface area contributed by atoms with Crippen LogP contribution >= 0.6 is 0 Å². The number of anilines is 3. The lowest BCUT2D eigenvalue weighted by molar-refractivity contribution is 0.102. The van der Waals surface area contributed by atoms with Crippen molar-refractivity contribution in [2.24, 2.45) is 7.05 Å². The molecule has 1 amide bonds. The summed E-state index contributed by atoms with van der Waals surface area (Å²) in [5.74, 6) is 0.313. The van der Waals surface area contributed by atoms with Crippen molar-refractivity contribution in [3.8, 4) is 11.1 Å². The Bertz CT molecular complexity index is 1420. The molecule has 0 bridgehead atoms. The zero-order chi connectivity index (χ0) is 25.2. The highest BCUT2D eigenvalue weighted by molar-refractivity contribution is 6.05. The number of carbonyl (C=O) groups is 1. The molecule has 0 unspecified atom stereocenters. The largest absolute Gasteiger partial charge is 0.334 e. The molecule has 35 heavy (non-hydrogen) atoms. The van der Waals surface area contributed by atoms with Gasteiger partial charge < -0.3 is 15.2 Å². The third-order valence-electron chi connectivity index (χ3n) is 5.92. The number of hydrogen-bond donors (Lipinski definition) is 2. The molecule has 2 aromatic heterocycles. The van der Waals surface area contributed by atoms with E-state index in [4.69, 9.17) is 0 Å². The van der Waals surface area contributed by atoms with E-state index in [1.807, 2.05) is 49.4 Å². The zero-order valence-corrected chi connectivity index (χ0v) is 20.6. The first kappa shape index (κ1) is 23.9. The predicted octanol–water partition coefficient (Wildman–Crippen LogP) is 5.44. The Kier molecular flexibility index (Phi) is 6.51. The molecule has 0 atom stereocenters. The quantitative estimate of drug-likeness (QED) is 0.408. The third kappa shape index (κ3) is 5.30. The second-order valence-electron chi connectivity index (χ2n) is 9.53. The highest BCUT2D eigenvalue weighted by Crippen LogP contribution is 2.30. The van der Waals surface area contributed by atoms with E-state index in [9.17, 15) is 9.59 Å². The fourth-order valence-electron chi connectivity index (χ4n) is 3.85. The molecule has 0 radical (unpaired) electrons. The van der Waals surface area contributed by atoms with Crippen molar-refractivity contribution in [2.75, 3.05) is 10.6 Å². The summed E-state index contributed by atoms with van der Waals surface area (Å²) in [5.41, 5.74) is 5.36. The molecule has 0 saturated heterocycles. The average Bonchev–Trinajstić information content (AvgIpc) is 2.83. The standard InChI is InChI=1S/C28H29N5O2/c1-18-22(20-15-24(27(35)33(5)17-20)31-25-16-29-13-14-30-25)7-6-8-23(18)32-26(34)19-9-11-21(12-10-19)28(2,3)4/h6-17H,1-5H3,(H,30,31)(H,32,34). The summed E-state index contributed by atoms with van der Waals surface area (Å²) in [6.07, 6.45) is 6.47. The van der Waals surface area contributed by atoms with Crippen LogP contribution in [0.5, 0.6) is 0 Å². The van der Waals surface area contributed by atoms with Crippen LogP contribution in [-0.4, -0.2) is 20.4 Å². The van der Waals surface area contributed by atoms with E-state index in [1.54, 1.807) is 37.9 Å². The van der Waals surface area contributed by atoms with Crippen molar-refractivity contribution in [3.05, 3.63) is 100 Å². The van der Waals surface area contributed by atoms with Crippen molar-refractivity contribution in [1.29, 1.82) is 0 Å². The second kappa shape index (κ2) is 9.54. The van der Waals surface area contributed by atoms with Gasteiger partial charge >= 0.3 is 0 Å². The number of nitrogens with one attached hydrogen (secondary N) is 2. The molecule has 178 valence electrons. The Morgan fingerprint density at radius 1 is 1.00 bits per heavy atom. The summed E-state index contributed by atoms with van der Waals surface area (Å²) in [7, 11) is 1.70. The van der Waals surface area contributed by atoms with Crippen LogP contribution in [0.15, 0.2) is 78.1 Å². The van der Waals surface area contributed by atoms with Gasteiger partial charge in [-0.1, -0.05) is 45.0 Å². The second-order valence-corrected chi connectivity index (χ2v) is 9.53. The molecule has 7 nitrogen and oxygen atoms in total. The van der Waals surface area contributed by atoms with E-state index in [-0.39, 0.29) is 16.9 Å². The number of pyridine rings is 1. The van der Waals surface area contributed by atoms with E-state index >= 15 is 0 Å². The van der Waals surface area contributed by atoms with Gasteiger partial charge in [0, 0.05) is 42.5 Å². The summed E-state index contributed by atoms with van der Waals surface area (Å²) in [6.45, 7) is 8.38. The van der Waals surface area contributed by atoms with Crippen molar-refractivity contribution in [2.45, 2.75) is 33.1 Å². The van der Waals surface area contributed by atoms with Crippen molar-refractivity contribution >= 4 is 23.1 Å². The van der Waals surface area contributed by atoms with Gasteiger partial charge in [0.1, 0.15) is 11.5 Å². The van der Waals surface area contributed by atoms with Crippen LogP contribution in [0.2, 0.25) is 0 Å². The molecular weight excluding hydrogens is 438 g/mol. The van der Waals surface area contributed by atoms with E-state index in [2.05, 4.69) is 41.4 Å². The van der Waals surface area contributed by atoms with Crippen LogP contribution < -0.4 is 16.2 Å². The Balaban J connectivity index is 1.63. The van der Waals surface area contributed by atoms with Gasteiger partial charge in [-0.25, -0.2) is 4.98 Å². The lowest BCUT2D eigenvalue weighted by Gasteiger charge is -2.19. The molecule has 2 heterocycles. The zero-order valence-electron chi connectivity index (χ0n) is 20.6. The minimum atomic E-state index is -0.180. The molecule has 0 aliphatic carbocycles. The fourth-order valence-corrected chi connectivity index (χ4v) is 3.85. The number of rotatable bonds is 5. The maximum absolute atomic E-state index is 13.0. The fraction of sp³-hybridized carbons (Fsp3) is 0.214. The number of aromatic nitrogens is 3. The summed E-state index contributed by atoms with van der Waals surface area (Å²) in [5, 5.41) is 6.08. The number of benzene rings is 2. The molecule has 4 aromatic rings. The van der Waals surface area contributed by atoms with Crippen LogP contribution in [0.3, 0.4) is 0 Å². The smallest absolute Gasteiger partial charge is 0.274 e. The van der Waals surface area contributed by atoms with Crippen molar-refractivity contribution in [3.63, 3.8) is 0 Å². The number of carbonyl (C=O) groups excluding carboxylic acids is 1. The van der Waals surface area contributed by atoms with Gasteiger partial charge in [-0.15, -0.1) is 0 Å². The topological polar surface area (TPSA) is 88.9 Å². The van der Waals surface area contributed by atoms with E-state index < -0.39 is 0 Å². The Morgan fingerprint density at radius 3 is 2.40 bits per heavy atom. The van der Waals surface area contributed by atoms with Crippen LogP contribution in [0.4, 0.5) is 17.2 Å². The minimum absolute atomic E-state index is 0.0243. The highest BCUT2D eigenvalue weighted by atomic mass is 16.1. The molecule has 0 aliphatic rings. The van der Waals surface area contributed by atoms with E-state index in [0.717, 1.165) is 16.7 Å². The number of hydrogen-bond acceptors (Lipinski definition) is 5. The molecule has 2 aromatic carbocycles. The highest BCUT2D eigenvalue weighted by Gasteiger charge is 2.16. The third-order valence-corrected chi connectivity index (χ3v) is 5.92. The summed E-state index contributed by atoms with van der Waals surface area (Å²) < 4.78 is 1.52. The molecule has 0 aliphatic heterocycles. The Hall–Kier alpha value is -4.26. The first-order valence-electron chi connectivity index (χ1n) is 11.4. The van der Waals surface area contributed by atoms with Crippen LogP contribution in [0.1, 0.15) is 42.3 Å². The minimum Gasteiger partial charge on any atom is -0.334 e. The van der Waals surface area contributed by atoms with Gasteiger partial charge in [0.05, 0.1) is 6.20 Å². The maximum Gasteiger partial charge on any atom is 0.274 e. The lowest BCUT2D eigenvalue weighted by Crippen LogP contribution is -2.20. The SMILES string of the molecule is Cc1c(NC(=O)c2ccc(C(C)(C)C)cc2)cccc1-c1cc(Nc2cnccn2)c(=O)n(C)c1. The number of aryl methyl sites for hydroxylation is 1. The summed E-state index contributed by atoms with van der Waals surface area (Å²) >= 11 is 0. The normalized spacial score (nSPS) is 11.2. The van der Waals surface area contributed by atoms with E-state index in [0.29, 0.717) is 22.8 Å². The Labute approximate surface area is 204 Å². The van der Waals surface area contributed by atoms with E-state index in [1.165, 1.54) is 10.1 Å². The predicted molar refractivity (Wildman–Crippen MR) is 140 cm³/mol. The molecule has 7 heteroatoms. The van der Waals surface area contributed by atoms with Gasteiger partial charge in [0.15, 0.2) is 0 Å². The van der Waals surface area contributed by atoms with Gasteiger partial charge in [0.2, 0.25) is 0 Å². The van der Waals surface area contributed by atoms with Crippen LogP contribution in [0, 0.1) is 6.92 Å². The van der Waals surface area contributed by atoms with Gasteiger partial charge in [-0.3, -0.25) is 14.6 Å². The lowest BCUT2D eigenvalue weighted by atomic mass is 9.86. The van der Waals surface area contributed by atoms with Crippen LogP contribution in [0.25, 0.3) is 11.1 Å². The molecule has 0 saturated carbocycles. The first-order valence-corrected chi connectivity index (χ1v) is 11.4. The summed E-state index contributed by atoms with van der Waals surface area (Å²) in [4.78, 5) is 33.9. The number of nitrogens with zero attached hydrogens (tertiary/aromatic N) is 3. The van der Waals surface area contributed by atoms with Crippen molar-refractivity contribution in [1.82, 2.24) is 14.5 Å². The molecule has 4 rings (SSSR count). The molecule has 2 N–H and O–H groups in total. The van der Waals surface area contributed by atoms with Gasteiger partial charge in [-0.05, 0) is 53.3 Å². The molecule has 0 spiro atoms. The molecular formula is C28H29N5O2. The molecule has 0 fully saturated rings. The van der Waals surface area contributed by atoms with Crippen LogP contribution in [-0.2, 0) is 12.5 Å². The first-order chi connectivity index (χ1) is 16.6. The average molecular weight is 468 g/mol. The van der Waals surface area contributed by atoms with Gasteiger partial charge in [-0.2, -0.15) is 0 Å².